The first-order chi connectivity index (χ1) is 14.8. The minimum Gasteiger partial charge on any atom is -0.146 e. The third-order valence-corrected chi connectivity index (χ3v) is 6.51. The zero-order valence-corrected chi connectivity index (χ0v) is 21.2. The topological polar surface area (TPSA) is 3.24 Å². The number of halogens is 1. The third-order valence-electron chi connectivity index (χ3n) is 6.51. The molecule has 0 saturated heterocycles. The van der Waals surface area contributed by atoms with Crippen molar-refractivity contribution in [3.8, 4) is 0 Å². The molecule has 2 heteroatoms. The van der Waals surface area contributed by atoms with Crippen LogP contribution in [-0.2, 0) is 0 Å². The van der Waals surface area contributed by atoms with Crippen molar-refractivity contribution in [3.63, 3.8) is 0 Å². The summed E-state index contributed by atoms with van der Waals surface area (Å²) in [5, 5.41) is 1.08. The molecule has 0 N–H and O–H groups in total. The van der Waals surface area contributed by atoms with Gasteiger partial charge in [-0.25, -0.2) is 0 Å². The van der Waals surface area contributed by atoms with E-state index in [1.807, 2.05) is 0 Å². The predicted molar refractivity (Wildman–Crippen MR) is 135 cm³/mol. The third kappa shape index (κ3) is 25.9. The second kappa shape index (κ2) is 26.9. The van der Waals surface area contributed by atoms with Gasteiger partial charge in [-0.3, -0.25) is 0 Å². The Balaban J connectivity index is 3.13. The summed E-state index contributed by atoms with van der Waals surface area (Å²) < 4.78 is 13.8. The van der Waals surface area contributed by atoms with Crippen molar-refractivity contribution in [3.05, 3.63) is 0 Å². The molecule has 0 atom stereocenters. The van der Waals surface area contributed by atoms with Gasteiger partial charge >= 0.3 is 0 Å². The summed E-state index contributed by atoms with van der Waals surface area (Å²) in [6.45, 7) is 5.86. The zero-order chi connectivity index (χ0) is 22.0. The highest BCUT2D eigenvalue weighted by Crippen LogP contribution is 2.14. The van der Waals surface area contributed by atoms with Gasteiger partial charge in [0.15, 0.2) is 0 Å². The monoisotopic (exact) mass is 427 g/mol. The number of unbranched alkanes of at least 4 members (excludes halogenated alkanes) is 22. The lowest BCUT2D eigenvalue weighted by molar-refractivity contribution is 0.0217. The molecule has 0 aliphatic rings. The van der Waals surface area contributed by atoms with Crippen LogP contribution in [0.4, 0.5) is 4.48 Å². The Kier molecular flexibility index (Phi) is 26.8. The van der Waals surface area contributed by atoms with Crippen LogP contribution in [0, 0.1) is 0 Å². The molecule has 0 aliphatic carbocycles. The Bertz CT molecular complexity index is 266. The van der Waals surface area contributed by atoms with E-state index in [2.05, 4.69) is 13.8 Å². The van der Waals surface area contributed by atoms with Gasteiger partial charge in [0.1, 0.15) is 0 Å². The number of hydrogen-bond acceptors (Lipinski definition) is 1. The normalized spacial score (nSPS) is 11.6. The highest BCUT2D eigenvalue weighted by Gasteiger charge is 2.02. The van der Waals surface area contributed by atoms with Crippen LogP contribution in [0.15, 0.2) is 0 Å². The molecule has 30 heavy (non-hydrogen) atoms. The Morgan fingerprint density at radius 1 is 0.333 bits per heavy atom. The molecule has 0 radical (unpaired) electrons. The molecule has 0 aliphatic heterocycles. The van der Waals surface area contributed by atoms with Crippen LogP contribution in [0.1, 0.15) is 168 Å². The summed E-state index contributed by atoms with van der Waals surface area (Å²) >= 11 is 0. The van der Waals surface area contributed by atoms with Crippen LogP contribution in [0.3, 0.4) is 0 Å². The molecule has 0 aromatic carbocycles. The second-order valence-electron chi connectivity index (χ2n) is 9.69. The minimum absolute atomic E-state index is 0.648. The summed E-state index contributed by atoms with van der Waals surface area (Å²) in [7, 11) is 0. The summed E-state index contributed by atoms with van der Waals surface area (Å²) in [5.74, 6) is 0. The van der Waals surface area contributed by atoms with E-state index in [1.54, 1.807) is 0 Å². The van der Waals surface area contributed by atoms with E-state index in [0.29, 0.717) is 13.1 Å². The molecule has 0 bridgehead atoms. The van der Waals surface area contributed by atoms with E-state index in [-0.39, 0.29) is 0 Å². The Morgan fingerprint density at radius 2 is 0.533 bits per heavy atom. The van der Waals surface area contributed by atoms with Crippen LogP contribution in [0.25, 0.3) is 0 Å². The van der Waals surface area contributed by atoms with Crippen LogP contribution in [0.2, 0.25) is 0 Å². The van der Waals surface area contributed by atoms with Gasteiger partial charge in [0.25, 0.3) is 0 Å². The van der Waals surface area contributed by atoms with Crippen LogP contribution < -0.4 is 0 Å². The largest absolute Gasteiger partial charge is 0.146 e. The highest BCUT2D eigenvalue weighted by atomic mass is 19.2. The Morgan fingerprint density at radius 3 is 0.767 bits per heavy atom. The SMILES string of the molecule is CCCCCCCCCCCCCCN(F)CCCCCCCCCCCCCC. The molecule has 0 aromatic rings. The van der Waals surface area contributed by atoms with E-state index in [9.17, 15) is 4.48 Å². The number of nitrogens with zero attached hydrogens (tertiary/aromatic N) is 1. The molecule has 1 nitrogen and oxygen atoms in total. The molecule has 0 rings (SSSR count). The lowest BCUT2D eigenvalue weighted by atomic mass is 10.1. The molecular weight excluding hydrogens is 369 g/mol. The van der Waals surface area contributed by atoms with Crippen molar-refractivity contribution in [1.29, 1.82) is 0 Å². The van der Waals surface area contributed by atoms with E-state index in [0.717, 1.165) is 18.0 Å². The molecule has 182 valence electrons. The fraction of sp³-hybridized carbons (Fsp3) is 1.00. The number of hydrogen-bond donors (Lipinski definition) is 0. The summed E-state index contributed by atoms with van der Waals surface area (Å²) in [4.78, 5) is 0. The van der Waals surface area contributed by atoms with Crippen LogP contribution in [-0.4, -0.2) is 18.2 Å². The first-order valence-electron chi connectivity index (χ1n) is 14.2. The van der Waals surface area contributed by atoms with E-state index >= 15 is 0 Å². The second-order valence-corrected chi connectivity index (χ2v) is 9.69. The fourth-order valence-corrected chi connectivity index (χ4v) is 4.36. The van der Waals surface area contributed by atoms with Gasteiger partial charge in [-0.05, 0) is 12.8 Å². The molecule has 0 unspecified atom stereocenters. The molecule has 0 saturated carbocycles. The van der Waals surface area contributed by atoms with Crippen molar-refractivity contribution < 1.29 is 4.48 Å². The van der Waals surface area contributed by atoms with Gasteiger partial charge in [0.2, 0.25) is 0 Å². The maximum atomic E-state index is 13.8. The van der Waals surface area contributed by atoms with Crippen molar-refractivity contribution in [2.24, 2.45) is 0 Å². The van der Waals surface area contributed by atoms with E-state index in [4.69, 9.17) is 0 Å². The average molecular weight is 428 g/mol. The van der Waals surface area contributed by atoms with Gasteiger partial charge in [0.05, 0.1) is 0 Å². The first kappa shape index (κ1) is 29.9. The molecular formula is C28H58FN. The predicted octanol–water partition coefficient (Wildman–Crippen LogP) is 10.6. The quantitative estimate of drug-likeness (QED) is 0.0979. The van der Waals surface area contributed by atoms with Gasteiger partial charge in [-0.1, -0.05) is 155 Å². The highest BCUT2D eigenvalue weighted by molar-refractivity contribution is 4.53. The van der Waals surface area contributed by atoms with Gasteiger partial charge in [0, 0.05) is 13.1 Å². The van der Waals surface area contributed by atoms with Crippen molar-refractivity contribution in [2.75, 3.05) is 13.1 Å². The molecule has 0 aromatic heterocycles. The lowest BCUT2D eigenvalue weighted by Gasteiger charge is -2.11. The maximum absolute atomic E-state index is 13.8. The van der Waals surface area contributed by atoms with Gasteiger partial charge in [-0.2, -0.15) is 0 Å². The Labute approximate surface area is 190 Å². The van der Waals surface area contributed by atoms with Crippen molar-refractivity contribution in [1.82, 2.24) is 5.12 Å². The molecule has 0 spiro atoms. The van der Waals surface area contributed by atoms with Crippen molar-refractivity contribution >= 4 is 0 Å². The average Bonchev–Trinajstić information content (AvgIpc) is 2.75. The molecule has 0 amide bonds. The zero-order valence-electron chi connectivity index (χ0n) is 21.2. The molecule has 0 fully saturated rings. The summed E-state index contributed by atoms with van der Waals surface area (Å²) in [5.41, 5.74) is 0. The maximum Gasteiger partial charge on any atom is 0.0290 e. The summed E-state index contributed by atoms with van der Waals surface area (Å²) in [6.07, 6.45) is 32.2. The van der Waals surface area contributed by atoms with Crippen LogP contribution in [0.5, 0.6) is 0 Å². The van der Waals surface area contributed by atoms with Crippen LogP contribution >= 0.6 is 0 Å². The Hall–Kier alpha value is -0.110. The van der Waals surface area contributed by atoms with Gasteiger partial charge in [-0.15, -0.1) is 9.60 Å². The molecule has 0 heterocycles. The van der Waals surface area contributed by atoms with Gasteiger partial charge < -0.3 is 0 Å². The van der Waals surface area contributed by atoms with Crippen molar-refractivity contribution in [2.45, 2.75) is 168 Å². The summed E-state index contributed by atoms with van der Waals surface area (Å²) in [6, 6.07) is 0. The fourth-order valence-electron chi connectivity index (χ4n) is 4.36. The van der Waals surface area contributed by atoms with E-state index < -0.39 is 0 Å². The number of rotatable bonds is 26. The van der Waals surface area contributed by atoms with E-state index in [1.165, 1.54) is 141 Å². The standard InChI is InChI=1S/C28H58FN/c1-3-5-7-9-11-13-15-17-19-21-23-25-27-30(29)28-26-24-22-20-18-16-14-12-10-8-6-4-2/h3-28H2,1-2H3. The lowest BCUT2D eigenvalue weighted by Crippen LogP contribution is -2.16. The minimum atomic E-state index is 0.648. The first-order valence-corrected chi connectivity index (χ1v) is 14.2. The smallest absolute Gasteiger partial charge is 0.0290 e.